The van der Waals surface area contributed by atoms with E-state index in [2.05, 4.69) is 36.4 Å². The summed E-state index contributed by atoms with van der Waals surface area (Å²) in [5.41, 5.74) is 0.570. The van der Waals surface area contributed by atoms with Crippen molar-refractivity contribution in [3.05, 3.63) is 91.0 Å². The van der Waals surface area contributed by atoms with E-state index in [0.29, 0.717) is 5.49 Å². The molecule has 0 saturated heterocycles. The Hall–Kier alpha value is -2.09. The first-order valence-electron chi connectivity index (χ1n) is 7.76. The summed E-state index contributed by atoms with van der Waals surface area (Å²) in [5.74, 6) is 0. The number of hydrogen-bond acceptors (Lipinski definition) is 2. The number of benzene rings is 3. The van der Waals surface area contributed by atoms with Crippen molar-refractivity contribution in [1.29, 1.82) is 0 Å². The van der Waals surface area contributed by atoms with Crippen molar-refractivity contribution in [3.8, 4) is 0 Å². The van der Waals surface area contributed by atoms with E-state index in [0.717, 1.165) is 11.8 Å². The van der Waals surface area contributed by atoms with Gasteiger partial charge in [0.05, 0.1) is 0 Å². The van der Waals surface area contributed by atoms with Gasteiger partial charge in [0.15, 0.2) is 0 Å². The monoisotopic (exact) mass is 354 g/mol. The summed E-state index contributed by atoms with van der Waals surface area (Å²) in [6, 6.07) is 31.0. The van der Waals surface area contributed by atoms with Gasteiger partial charge in [0.25, 0.3) is 0 Å². The average Bonchev–Trinajstić information content (AvgIpc) is 2.65. The van der Waals surface area contributed by atoms with Gasteiger partial charge >= 0.3 is 147 Å². The van der Waals surface area contributed by atoms with E-state index in [-0.39, 0.29) is 0 Å². The van der Waals surface area contributed by atoms with E-state index in [4.69, 9.17) is 0 Å². The molecule has 0 heterocycles. The molecule has 2 nitrogen and oxygen atoms in total. The third-order valence-corrected chi connectivity index (χ3v) is 10.7. The zero-order chi connectivity index (χ0) is 16.8. The maximum absolute atomic E-state index is 11.3. The Morgan fingerprint density at radius 1 is 0.708 bits per heavy atom. The topological polar surface area (TPSA) is 37.3 Å². The van der Waals surface area contributed by atoms with Crippen LogP contribution in [0.25, 0.3) is 0 Å². The van der Waals surface area contributed by atoms with Crippen molar-refractivity contribution in [2.45, 2.75) is 0 Å². The third kappa shape index (κ3) is 3.38. The second-order valence-corrected chi connectivity index (χ2v) is 10.9. The first kappa shape index (κ1) is 16.8. The van der Waals surface area contributed by atoms with Crippen LogP contribution >= 0.6 is 19.0 Å². The van der Waals surface area contributed by atoms with Crippen LogP contribution in [0.3, 0.4) is 0 Å². The summed E-state index contributed by atoms with van der Waals surface area (Å²) in [7, 11) is -2.40. The molecule has 0 aromatic heterocycles. The average molecular weight is 354 g/mol. The predicted octanol–water partition coefficient (Wildman–Crippen LogP) is 4.08. The Labute approximate surface area is 146 Å². The zero-order valence-corrected chi connectivity index (χ0v) is 14.9. The van der Waals surface area contributed by atoms with Gasteiger partial charge in [-0.3, -0.25) is 0 Å². The fourth-order valence-electron chi connectivity index (χ4n) is 3.09. The number of thioether (sulfide) groups is 1. The molecule has 1 N–H and O–H groups in total. The van der Waals surface area contributed by atoms with Crippen LogP contribution in [0.1, 0.15) is 0 Å². The van der Waals surface area contributed by atoms with Crippen LogP contribution in [0, 0.1) is 0 Å². The standard InChI is InChI=1S/C20H19O2PS/c21-20(22)24-16-23(17-10-4-1-5-11-17,18-12-6-2-7-13-18)19-14-8-3-9-15-19/h1-15,23H,16H2,(H,21,22). The van der Waals surface area contributed by atoms with E-state index in [1.165, 1.54) is 15.9 Å². The molecule has 24 heavy (non-hydrogen) atoms. The molecule has 0 spiro atoms. The van der Waals surface area contributed by atoms with Crippen molar-refractivity contribution in [2.24, 2.45) is 0 Å². The van der Waals surface area contributed by atoms with Crippen LogP contribution < -0.4 is 15.9 Å². The van der Waals surface area contributed by atoms with Crippen LogP contribution in [0.5, 0.6) is 0 Å². The quantitative estimate of drug-likeness (QED) is 0.702. The van der Waals surface area contributed by atoms with Crippen molar-refractivity contribution >= 4 is 40.2 Å². The van der Waals surface area contributed by atoms with E-state index >= 15 is 0 Å². The number of carboxylic acid groups (broad SMARTS) is 1. The molecule has 4 heteroatoms. The second kappa shape index (κ2) is 7.65. The Morgan fingerprint density at radius 2 is 1.04 bits per heavy atom. The Morgan fingerprint density at radius 3 is 1.33 bits per heavy atom. The molecule has 0 atom stereocenters. The second-order valence-electron chi connectivity index (χ2n) is 5.56. The fraction of sp³-hybridized carbons (Fsp3) is 0.0500. The van der Waals surface area contributed by atoms with Gasteiger partial charge in [-0.05, 0) is 0 Å². The Bertz CT molecular complexity index is 695. The molecule has 0 unspecified atom stereocenters. The van der Waals surface area contributed by atoms with Gasteiger partial charge in [-0.2, -0.15) is 0 Å². The van der Waals surface area contributed by atoms with Gasteiger partial charge in [-0.15, -0.1) is 0 Å². The SMILES string of the molecule is O=C(O)SC[PH](c1ccccc1)(c1ccccc1)c1ccccc1. The summed E-state index contributed by atoms with van der Waals surface area (Å²) in [4.78, 5) is 11.3. The summed E-state index contributed by atoms with van der Waals surface area (Å²) in [5, 5.41) is 12.2. The number of carbonyl (C=O) groups is 1. The summed E-state index contributed by atoms with van der Waals surface area (Å²) >= 11 is 1.00. The normalized spacial score (nSPS) is 11.8. The van der Waals surface area contributed by atoms with Crippen molar-refractivity contribution < 1.29 is 9.90 Å². The third-order valence-electron chi connectivity index (χ3n) is 4.21. The van der Waals surface area contributed by atoms with Crippen LogP contribution in [0.2, 0.25) is 0 Å². The fourth-order valence-corrected chi connectivity index (χ4v) is 9.73. The molecule has 0 amide bonds. The summed E-state index contributed by atoms with van der Waals surface area (Å²) < 4.78 is 0. The molecule has 0 radical (unpaired) electrons. The molecule has 122 valence electrons. The number of rotatable bonds is 5. The van der Waals surface area contributed by atoms with Crippen LogP contribution in [-0.4, -0.2) is 15.9 Å². The molecule has 0 fully saturated rings. The molecule has 0 aliphatic rings. The van der Waals surface area contributed by atoms with Gasteiger partial charge in [0, 0.05) is 0 Å². The molecular formula is C20H19O2PS. The molecule has 0 aliphatic heterocycles. The van der Waals surface area contributed by atoms with Gasteiger partial charge in [-0.25, -0.2) is 0 Å². The van der Waals surface area contributed by atoms with Gasteiger partial charge in [0.2, 0.25) is 0 Å². The first-order chi connectivity index (χ1) is 11.7. The molecule has 0 bridgehead atoms. The molecule has 3 rings (SSSR count). The molecular weight excluding hydrogens is 335 g/mol. The Kier molecular flexibility index (Phi) is 5.34. The maximum atomic E-state index is 11.3. The van der Waals surface area contributed by atoms with E-state index in [9.17, 15) is 9.90 Å². The van der Waals surface area contributed by atoms with Crippen LogP contribution in [-0.2, 0) is 0 Å². The minimum absolute atomic E-state index is 0.570. The minimum atomic E-state index is -2.40. The molecule has 3 aromatic rings. The molecule has 0 saturated carbocycles. The zero-order valence-electron chi connectivity index (χ0n) is 13.1. The van der Waals surface area contributed by atoms with Crippen molar-refractivity contribution in [1.82, 2.24) is 0 Å². The van der Waals surface area contributed by atoms with Crippen LogP contribution in [0.15, 0.2) is 91.0 Å². The number of hydrogen-bond donors (Lipinski definition) is 1. The molecule has 0 aliphatic carbocycles. The first-order valence-corrected chi connectivity index (χ1v) is 10.9. The summed E-state index contributed by atoms with van der Waals surface area (Å²) in [6.45, 7) is 0. The van der Waals surface area contributed by atoms with Gasteiger partial charge in [-0.1, -0.05) is 0 Å². The van der Waals surface area contributed by atoms with Gasteiger partial charge < -0.3 is 0 Å². The van der Waals surface area contributed by atoms with Crippen molar-refractivity contribution in [3.63, 3.8) is 0 Å². The summed E-state index contributed by atoms with van der Waals surface area (Å²) in [6.07, 6.45) is 0. The van der Waals surface area contributed by atoms with E-state index in [1.807, 2.05) is 54.6 Å². The van der Waals surface area contributed by atoms with Crippen molar-refractivity contribution in [2.75, 3.05) is 5.49 Å². The predicted molar refractivity (Wildman–Crippen MR) is 107 cm³/mol. The van der Waals surface area contributed by atoms with E-state index in [1.54, 1.807) is 0 Å². The van der Waals surface area contributed by atoms with E-state index < -0.39 is 12.6 Å². The molecule has 3 aromatic carbocycles. The van der Waals surface area contributed by atoms with Crippen LogP contribution in [0.4, 0.5) is 4.79 Å². The Balaban J connectivity index is 2.26. The van der Waals surface area contributed by atoms with Gasteiger partial charge in [0.1, 0.15) is 0 Å².